The number of nitrogens with zero attached hydrogens (tertiary/aromatic N) is 3. The standard InChI is InChI=1S/C17H25N5O/c1-14(12-23-3)21-17(18-2)20-10-15-4-6-16(7-5-15)11-22-9-8-19-13-22/h4-9,13-14H,10-12H2,1-3H3,(H2,18,20,21). The van der Waals surface area contributed by atoms with E-state index in [0.717, 1.165) is 19.0 Å². The molecule has 0 aliphatic heterocycles. The molecule has 2 aromatic rings. The number of hydrogen-bond acceptors (Lipinski definition) is 3. The number of guanidine groups is 1. The third-order valence-corrected chi connectivity index (χ3v) is 3.43. The topological polar surface area (TPSA) is 63.5 Å². The number of rotatable bonds is 7. The zero-order chi connectivity index (χ0) is 16.5. The maximum atomic E-state index is 5.12. The zero-order valence-electron chi connectivity index (χ0n) is 14.0. The Kier molecular flexibility index (Phi) is 6.62. The van der Waals surface area contributed by atoms with Gasteiger partial charge < -0.3 is 19.9 Å². The molecule has 2 N–H and O–H groups in total. The van der Waals surface area contributed by atoms with Crippen molar-refractivity contribution < 1.29 is 4.74 Å². The Balaban J connectivity index is 1.83. The van der Waals surface area contributed by atoms with E-state index in [0.29, 0.717) is 6.61 Å². The molecule has 1 atom stereocenters. The molecular formula is C17H25N5O. The Morgan fingerprint density at radius 3 is 2.65 bits per heavy atom. The average Bonchev–Trinajstić information content (AvgIpc) is 3.06. The minimum atomic E-state index is 0.212. The maximum absolute atomic E-state index is 5.12. The number of ether oxygens (including phenoxy) is 1. The largest absolute Gasteiger partial charge is 0.383 e. The van der Waals surface area contributed by atoms with Crippen molar-refractivity contribution in [2.75, 3.05) is 20.8 Å². The van der Waals surface area contributed by atoms with Gasteiger partial charge in [-0.3, -0.25) is 4.99 Å². The molecule has 2 rings (SSSR count). The summed E-state index contributed by atoms with van der Waals surface area (Å²) in [4.78, 5) is 8.28. The number of methoxy groups -OCH3 is 1. The van der Waals surface area contributed by atoms with Gasteiger partial charge in [-0.2, -0.15) is 0 Å². The van der Waals surface area contributed by atoms with Crippen molar-refractivity contribution in [3.63, 3.8) is 0 Å². The summed E-state index contributed by atoms with van der Waals surface area (Å²) in [7, 11) is 3.46. The average molecular weight is 315 g/mol. The van der Waals surface area contributed by atoms with Crippen LogP contribution in [0.1, 0.15) is 18.1 Å². The van der Waals surface area contributed by atoms with Crippen molar-refractivity contribution in [1.29, 1.82) is 0 Å². The van der Waals surface area contributed by atoms with E-state index in [1.54, 1.807) is 20.4 Å². The molecule has 0 amide bonds. The van der Waals surface area contributed by atoms with Gasteiger partial charge in [-0.15, -0.1) is 0 Å². The highest BCUT2D eigenvalue weighted by molar-refractivity contribution is 5.79. The molecule has 1 aromatic heterocycles. The van der Waals surface area contributed by atoms with Crippen LogP contribution in [0.25, 0.3) is 0 Å². The van der Waals surface area contributed by atoms with Crippen LogP contribution in [0.5, 0.6) is 0 Å². The molecule has 0 saturated heterocycles. The summed E-state index contributed by atoms with van der Waals surface area (Å²) >= 11 is 0. The molecule has 0 bridgehead atoms. The predicted octanol–water partition coefficient (Wildman–Crippen LogP) is 1.63. The van der Waals surface area contributed by atoms with Crippen LogP contribution in [0.4, 0.5) is 0 Å². The van der Waals surface area contributed by atoms with E-state index in [4.69, 9.17) is 4.74 Å². The summed E-state index contributed by atoms with van der Waals surface area (Å²) in [6.07, 6.45) is 5.58. The summed E-state index contributed by atoms with van der Waals surface area (Å²) < 4.78 is 7.17. The number of aromatic nitrogens is 2. The summed E-state index contributed by atoms with van der Waals surface area (Å²) in [6, 6.07) is 8.75. The minimum absolute atomic E-state index is 0.212. The lowest BCUT2D eigenvalue weighted by Crippen LogP contribution is -2.43. The number of aliphatic imine (C=N–C) groups is 1. The van der Waals surface area contributed by atoms with Crippen LogP contribution >= 0.6 is 0 Å². The predicted molar refractivity (Wildman–Crippen MR) is 92.4 cm³/mol. The highest BCUT2D eigenvalue weighted by Gasteiger charge is 2.04. The van der Waals surface area contributed by atoms with Crippen molar-refractivity contribution in [3.8, 4) is 0 Å². The Morgan fingerprint density at radius 2 is 2.04 bits per heavy atom. The van der Waals surface area contributed by atoms with Crippen molar-refractivity contribution in [3.05, 3.63) is 54.1 Å². The Morgan fingerprint density at radius 1 is 1.30 bits per heavy atom. The first-order valence-electron chi connectivity index (χ1n) is 7.71. The summed E-state index contributed by atoms with van der Waals surface area (Å²) in [5.74, 6) is 0.775. The highest BCUT2D eigenvalue weighted by Crippen LogP contribution is 2.06. The van der Waals surface area contributed by atoms with Gasteiger partial charge in [0, 0.05) is 45.7 Å². The van der Waals surface area contributed by atoms with Gasteiger partial charge in [0.1, 0.15) is 0 Å². The van der Waals surface area contributed by atoms with E-state index in [9.17, 15) is 0 Å². The third kappa shape index (κ3) is 5.75. The van der Waals surface area contributed by atoms with Gasteiger partial charge in [-0.05, 0) is 18.1 Å². The van der Waals surface area contributed by atoms with E-state index >= 15 is 0 Å². The Bertz CT molecular complexity index is 592. The summed E-state index contributed by atoms with van der Waals surface area (Å²) in [6.45, 7) is 4.26. The minimum Gasteiger partial charge on any atom is -0.383 e. The molecule has 1 heterocycles. The van der Waals surface area contributed by atoms with E-state index in [-0.39, 0.29) is 6.04 Å². The lowest BCUT2D eigenvalue weighted by Gasteiger charge is -2.17. The molecule has 0 aliphatic carbocycles. The van der Waals surface area contributed by atoms with E-state index in [1.165, 1.54) is 11.1 Å². The summed E-state index contributed by atoms with van der Waals surface area (Å²) in [5.41, 5.74) is 2.46. The molecule has 0 fully saturated rings. The van der Waals surface area contributed by atoms with Crippen molar-refractivity contribution in [2.24, 2.45) is 4.99 Å². The monoisotopic (exact) mass is 315 g/mol. The lowest BCUT2D eigenvalue weighted by molar-refractivity contribution is 0.179. The Labute approximate surface area is 137 Å². The van der Waals surface area contributed by atoms with Crippen LogP contribution in [0.15, 0.2) is 48.0 Å². The molecular weight excluding hydrogens is 290 g/mol. The van der Waals surface area contributed by atoms with Gasteiger partial charge in [0.2, 0.25) is 0 Å². The fourth-order valence-corrected chi connectivity index (χ4v) is 2.26. The molecule has 0 radical (unpaired) electrons. The highest BCUT2D eigenvalue weighted by atomic mass is 16.5. The zero-order valence-corrected chi connectivity index (χ0v) is 14.0. The van der Waals surface area contributed by atoms with Gasteiger partial charge in [-0.25, -0.2) is 4.98 Å². The first-order chi connectivity index (χ1) is 11.2. The van der Waals surface area contributed by atoms with Crippen LogP contribution in [0, 0.1) is 0 Å². The number of benzene rings is 1. The molecule has 1 aromatic carbocycles. The van der Waals surface area contributed by atoms with Gasteiger partial charge >= 0.3 is 0 Å². The maximum Gasteiger partial charge on any atom is 0.191 e. The first kappa shape index (κ1) is 17.0. The number of nitrogens with one attached hydrogen (secondary N) is 2. The van der Waals surface area contributed by atoms with E-state index in [1.807, 2.05) is 12.5 Å². The molecule has 0 saturated carbocycles. The SMILES string of the molecule is CN=C(NCc1ccc(Cn2ccnc2)cc1)NC(C)COC. The summed E-state index contributed by atoms with van der Waals surface area (Å²) in [5, 5.41) is 6.59. The van der Waals surface area contributed by atoms with E-state index < -0.39 is 0 Å². The lowest BCUT2D eigenvalue weighted by atomic mass is 10.1. The van der Waals surface area contributed by atoms with E-state index in [2.05, 4.69) is 56.4 Å². The molecule has 0 spiro atoms. The fourth-order valence-electron chi connectivity index (χ4n) is 2.26. The molecule has 6 nitrogen and oxygen atoms in total. The van der Waals surface area contributed by atoms with Crippen LogP contribution in [-0.4, -0.2) is 42.3 Å². The van der Waals surface area contributed by atoms with Crippen molar-refractivity contribution in [2.45, 2.75) is 26.1 Å². The fraction of sp³-hybridized carbons (Fsp3) is 0.412. The second-order valence-corrected chi connectivity index (χ2v) is 5.48. The van der Waals surface area contributed by atoms with Crippen LogP contribution < -0.4 is 10.6 Å². The molecule has 6 heteroatoms. The normalized spacial score (nSPS) is 12.9. The number of imidazole rings is 1. The Hall–Kier alpha value is -2.34. The van der Waals surface area contributed by atoms with Crippen molar-refractivity contribution >= 4 is 5.96 Å². The molecule has 23 heavy (non-hydrogen) atoms. The van der Waals surface area contributed by atoms with Gasteiger partial charge in [0.15, 0.2) is 5.96 Å². The smallest absolute Gasteiger partial charge is 0.191 e. The quantitative estimate of drug-likeness (QED) is 0.602. The van der Waals surface area contributed by atoms with Gasteiger partial charge in [0.25, 0.3) is 0 Å². The third-order valence-electron chi connectivity index (χ3n) is 3.43. The number of hydrogen-bond donors (Lipinski definition) is 2. The van der Waals surface area contributed by atoms with Gasteiger partial charge in [-0.1, -0.05) is 24.3 Å². The van der Waals surface area contributed by atoms with Crippen molar-refractivity contribution in [1.82, 2.24) is 20.2 Å². The van der Waals surface area contributed by atoms with Crippen LogP contribution in [0.2, 0.25) is 0 Å². The second-order valence-electron chi connectivity index (χ2n) is 5.48. The molecule has 124 valence electrons. The first-order valence-corrected chi connectivity index (χ1v) is 7.71. The van der Waals surface area contributed by atoms with Crippen LogP contribution in [-0.2, 0) is 17.8 Å². The van der Waals surface area contributed by atoms with Gasteiger partial charge in [0.05, 0.1) is 12.9 Å². The molecule has 0 aliphatic rings. The van der Waals surface area contributed by atoms with Crippen LogP contribution in [0.3, 0.4) is 0 Å². The molecule has 1 unspecified atom stereocenters. The second kappa shape index (κ2) is 8.95.